The van der Waals surface area contributed by atoms with Crippen LogP contribution in [-0.2, 0) is 11.4 Å². The molecule has 0 bridgehead atoms. The molecule has 0 spiro atoms. The monoisotopic (exact) mass is 429 g/mol. The largest absolute Gasteiger partial charge is 0.489 e. The Morgan fingerprint density at radius 3 is 2.41 bits per heavy atom. The summed E-state index contributed by atoms with van der Waals surface area (Å²) in [6.45, 7) is 1.77. The summed E-state index contributed by atoms with van der Waals surface area (Å²) in [5.41, 5.74) is 0.310. The second-order valence-corrected chi connectivity index (χ2v) is 7.62. The lowest BCUT2D eigenvalue weighted by Crippen LogP contribution is -2.47. The highest BCUT2D eigenvalue weighted by molar-refractivity contribution is 5.81. The molecule has 0 aliphatic carbocycles. The Balaban J connectivity index is 1.51. The first-order valence-electron chi connectivity index (χ1n) is 10.2. The number of pyridine rings is 1. The molecule has 2 N–H and O–H groups in total. The molecule has 4 aromatic rings. The highest BCUT2D eigenvalue weighted by atomic mass is 16.5. The first-order chi connectivity index (χ1) is 15.5. The summed E-state index contributed by atoms with van der Waals surface area (Å²) in [6, 6.07) is 25.2. The highest BCUT2D eigenvalue weighted by Gasteiger charge is 2.44. The van der Waals surface area contributed by atoms with E-state index in [1.165, 1.54) is 6.92 Å². The van der Waals surface area contributed by atoms with E-state index >= 15 is 0 Å². The molecule has 6 heteroatoms. The number of benzene rings is 3. The van der Waals surface area contributed by atoms with Gasteiger partial charge in [-0.15, -0.1) is 0 Å². The zero-order valence-electron chi connectivity index (χ0n) is 17.5. The molecule has 6 nitrogen and oxygen atoms in total. The number of rotatable bonds is 8. The minimum absolute atomic E-state index is 0.331. The van der Waals surface area contributed by atoms with Gasteiger partial charge in [-0.05, 0) is 54.4 Å². The summed E-state index contributed by atoms with van der Waals surface area (Å²) in [5, 5.41) is 21.6. The van der Waals surface area contributed by atoms with Crippen LogP contribution in [0.15, 0.2) is 91.1 Å². The Morgan fingerprint density at radius 1 is 0.969 bits per heavy atom. The van der Waals surface area contributed by atoms with Crippen LogP contribution in [0.1, 0.15) is 24.2 Å². The van der Waals surface area contributed by atoms with Crippen LogP contribution in [0.3, 0.4) is 0 Å². The summed E-state index contributed by atoms with van der Waals surface area (Å²) >= 11 is 0. The lowest BCUT2D eigenvalue weighted by Gasteiger charge is -2.31. The Morgan fingerprint density at radius 2 is 1.69 bits per heavy atom. The molecule has 0 radical (unpaired) electrons. The van der Waals surface area contributed by atoms with Crippen LogP contribution in [0.5, 0.6) is 11.5 Å². The van der Waals surface area contributed by atoms with Crippen LogP contribution < -0.4 is 9.47 Å². The Labute approximate surface area is 185 Å². The van der Waals surface area contributed by atoms with E-state index < -0.39 is 17.7 Å². The predicted molar refractivity (Wildman–Crippen MR) is 121 cm³/mol. The molecule has 0 saturated carbocycles. The number of carbonyl (C=O) groups is 1. The van der Waals surface area contributed by atoms with Crippen LogP contribution in [0.4, 0.5) is 0 Å². The average molecular weight is 429 g/mol. The van der Waals surface area contributed by atoms with Gasteiger partial charge in [0.1, 0.15) is 24.2 Å². The van der Waals surface area contributed by atoms with E-state index in [2.05, 4.69) is 4.98 Å². The summed E-state index contributed by atoms with van der Waals surface area (Å²) in [5.74, 6) is -0.331. The van der Waals surface area contributed by atoms with Crippen molar-refractivity contribution >= 4 is 16.9 Å². The van der Waals surface area contributed by atoms with Crippen molar-refractivity contribution in [3.63, 3.8) is 0 Å². The number of nitrogens with zero attached hydrogens (tertiary/aromatic N) is 1. The molecule has 0 amide bonds. The number of aliphatic hydroxyl groups is 1. The minimum atomic E-state index is -1.90. The topological polar surface area (TPSA) is 88.9 Å². The fourth-order valence-corrected chi connectivity index (χ4v) is 3.38. The Hall–Kier alpha value is -3.90. The number of aliphatic hydroxyl groups excluding tert-OH is 1. The SMILES string of the molecule is CC(Oc1ccc2ncccc2c1)(C(=O)O)C(O)c1ccc(OCc2ccccc2)cc1. The molecular weight excluding hydrogens is 406 g/mol. The number of hydrogen-bond acceptors (Lipinski definition) is 5. The molecule has 0 saturated heterocycles. The van der Waals surface area contributed by atoms with Crippen molar-refractivity contribution in [1.82, 2.24) is 4.98 Å². The van der Waals surface area contributed by atoms with Gasteiger partial charge in [-0.3, -0.25) is 4.98 Å². The number of aromatic nitrogens is 1. The molecule has 0 fully saturated rings. The van der Waals surface area contributed by atoms with E-state index in [0.29, 0.717) is 23.7 Å². The zero-order valence-corrected chi connectivity index (χ0v) is 17.5. The smallest absolute Gasteiger partial charge is 0.350 e. The lowest BCUT2D eigenvalue weighted by atomic mass is 9.92. The Kier molecular flexibility index (Phi) is 6.05. The quantitative estimate of drug-likeness (QED) is 0.419. The first-order valence-corrected chi connectivity index (χ1v) is 10.2. The van der Waals surface area contributed by atoms with Gasteiger partial charge in [-0.25, -0.2) is 4.79 Å². The van der Waals surface area contributed by atoms with Gasteiger partial charge in [0, 0.05) is 11.6 Å². The van der Waals surface area contributed by atoms with Crippen LogP contribution in [-0.4, -0.2) is 26.8 Å². The van der Waals surface area contributed by atoms with Crippen molar-refractivity contribution in [3.8, 4) is 11.5 Å². The highest BCUT2D eigenvalue weighted by Crippen LogP contribution is 2.33. The van der Waals surface area contributed by atoms with Crippen molar-refractivity contribution < 1.29 is 24.5 Å². The van der Waals surface area contributed by atoms with E-state index in [1.54, 1.807) is 54.7 Å². The lowest BCUT2D eigenvalue weighted by molar-refractivity contribution is -0.164. The number of carboxylic acid groups (broad SMARTS) is 1. The third kappa shape index (κ3) is 4.55. The maximum absolute atomic E-state index is 12.1. The van der Waals surface area contributed by atoms with Gasteiger partial charge in [0.25, 0.3) is 0 Å². The van der Waals surface area contributed by atoms with E-state index in [9.17, 15) is 15.0 Å². The second kappa shape index (κ2) is 9.08. The number of aliphatic carboxylic acids is 1. The standard InChI is InChI=1S/C26H23NO5/c1-26(25(29)30,32-22-13-14-23-20(16-22)8-5-15-27-23)24(28)19-9-11-21(12-10-19)31-17-18-6-3-2-4-7-18/h2-16,24,28H,17H2,1H3,(H,29,30). The second-order valence-electron chi connectivity index (χ2n) is 7.62. The van der Waals surface area contributed by atoms with Crippen LogP contribution >= 0.6 is 0 Å². The normalized spacial score (nSPS) is 13.8. The van der Waals surface area contributed by atoms with Gasteiger partial charge in [-0.2, -0.15) is 0 Å². The molecule has 4 rings (SSSR count). The molecule has 1 aromatic heterocycles. The summed E-state index contributed by atoms with van der Waals surface area (Å²) in [6.07, 6.45) is 0.272. The van der Waals surface area contributed by atoms with Gasteiger partial charge in [0.05, 0.1) is 5.52 Å². The predicted octanol–water partition coefficient (Wildman–Crippen LogP) is 4.77. The maximum atomic E-state index is 12.1. The molecule has 32 heavy (non-hydrogen) atoms. The molecule has 162 valence electrons. The van der Waals surface area contributed by atoms with Crippen molar-refractivity contribution in [2.45, 2.75) is 25.2 Å². The number of ether oxygens (including phenoxy) is 2. The van der Waals surface area contributed by atoms with Crippen molar-refractivity contribution in [2.24, 2.45) is 0 Å². The van der Waals surface area contributed by atoms with Gasteiger partial charge in [0.2, 0.25) is 5.60 Å². The van der Waals surface area contributed by atoms with Gasteiger partial charge >= 0.3 is 5.97 Å². The summed E-state index contributed by atoms with van der Waals surface area (Å²) < 4.78 is 11.6. The minimum Gasteiger partial charge on any atom is -0.489 e. The van der Waals surface area contributed by atoms with Crippen molar-refractivity contribution in [3.05, 3.63) is 102 Å². The zero-order chi connectivity index (χ0) is 22.6. The van der Waals surface area contributed by atoms with Gasteiger partial charge < -0.3 is 19.7 Å². The van der Waals surface area contributed by atoms with E-state index in [0.717, 1.165) is 16.5 Å². The van der Waals surface area contributed by atoms with Gasteiger partial charge in [0.15, 0.2) is 0 Å². The molecule has 3 aromatic carbocycles. The van der Waals surface area contributed by atoms with Crippen molar-refractivity contribution in [1.29, 1.82) is 0 Å². The Bertz CT molecular complexity index is 1210. The molecule has 1 heterocycles. The summed E-state index contributed by atoms with van der Waals surface area (Å²) in [7, 11) is 0. The number of fused-ring (bicyclic) bond motifs is 1. The fraction of sp³-hybridized carbons (Fsp3) is 0.154. The van der Waals surface area contributed by atoms with E-state index in [4.69, 9.17) is 9.47 Å². The molecule has 2 atom stereocenters. The average Bonchev–Trinajstić information content (AvgIpc) is 2.83. The summed E-state index contributed by atoms with van der Waals surface area (Å²) in [4.78, 5) is 16.4. The van der Waals surface area contributed by atoms with Crippen LogP contribution in [0, 0.1) is 0 Å². The molecule has 0 aliphatic rings. The van der Waals surface area contributed by atoms with E-state index in [-0.39, 0.29) is 0 Å². The van der Waals surface area contributed by atoms with Gasteiger partial charge in [-0.1, -0.05) is 48.5 Å². The molecule has 2 unspecified atom stereocenters. The number of hydrogen-bond donors (Lipinski definition) is 2. The molecule has 0 aliphatic heterocycles. The third-order valence-electron chi connectivity index (χ3n) is 5.29. The van der Waals surface area contributed by atoms with Crippen LogP contribution in [0.2, 0.25) is 0 Å². The van der Waals surface area contributed by atoms with Crippen LogP contribution in [0.25, 0.3) is 10.9 Å². The molecular formula is C26H23NO5. The van der Waals surface area contributed by atoms with E-state index in [1.807, 2.05) is 36.4 Å². The number of carboxylic acids is 1. The maximum Gasteiger partial charge on any atom is 0.350 e. The third-order valence-corrected chi connectivity index (χ3v) is 5.29. The van der Waals surface area contributed by atoms with Crippen molar-refractivity contribution in [2.75, 3.05) is 0 Å². The fourth-order valence-electron chi connectivity index (χ4n) is 3.38. The first kappa shape index (κ1) is 21.3.